The second-order valence-corrected chi connectivity index (χ2v) is 12.3. The molecule has 7 rings (SSSR count). The van der Waals surface area contributed by atoms with E-state index in [1.54, 1.807) is 0 Å². The lowest BCUT2D eigenvalue weighted by Crippen LogP contribution is -1.98. The standard InChI is InChI=1S/C50H38/c1-5-20-35(6-2)39-29-40(36-21-12-9-13-22-36)32-43(31-39)49-45(7-3)46(8-4)50(48-28-19-18-27-47(48)49)44-33-41(37-23-14-10-15-24-37)30-42(34-44)38-25-16-11-17-26-38/h5-34H,1-4H2/b35-20+. The average molecular weight is 639 g/mol. The van der Waals surface area contributed by atoms with Gasteiger partial charge in [0, 0.05) is 0 Å². The summed E-state index contributed by atoms with van der Waals surface area (Å²) in [6, 6.07) is 54.2. The first-order valence-corrected chi connectivity index (χ1v) is 16.9. The summed E-state index contributed by atoms with van der Waals surface area (Å²) in [5.41, 5.74) is 15.6. The lowest BCUT2D eigenvalue weighted by Gasteiger charge is -2.22. The fourth-order valence-electron chi connectivity index (χ4n) is 7.04. The topological polar surface area (TPSA) is 0 Å². The van der Waals surface area contributed by atoms with Crippen LogP contribution in [0, 0.1) is 0 Å². The van der Waals surface area contributed by atoms with Gasteiger partial charge in [-0.05, 0) is 125 Å². The van der Waals surface area contributed by atoms with E-state index in [1.165, 1.54) is 11.1 Å². The fourth-order valence-corrected chi connectivity index (χ4v) is 7.04. The van der Waals surface area contributed by atoms with Crippen molar-refractivity contribution in [1.29, 1.82) is 0 Å². The Labute approximate surface area is 296 Å². The highest BCUT2D eigenvalue weighted by atomic mass is 14.2. The number of rotatable bonds is 10. The van der Waals surface area contributed by atoms with Gasteiger partial charge in [-0.3, -0.25) is 0 Å². The average Bonchev–Trinajstić information content (AvgIpc) is 3.19. The van der Waals surface area contributed by atoms with Gasteiger partial charge in [-0.1, -0.05) is 172 Å². The molecule has 0 saturated carbocycles. The third kappa shape index (κ3) is 6.12. The number of hydrogen-bond acceptors (Lipinski definition) is 0. The Hall–Kier alpha value is -6.50. The van der Waals surface area contributed by atoms with E-state index in [0.717, 1.165) is 77.5 Å². The summed E-state index contributed by atoms with van der Waals surface area (Å²) in [5, 5.41) is 2.31. The van der Waals surface area contributed by atoms with Gasteiger partial charge in [0.05, 0.1) is 0 Å². The summed E-state index contributed by atoms with van der Waals surface area (Å²) in [7, 11) is 0. The first-order chi connectivity index (χ1) is 24.6. The zero-order valence-corrected chi connectivity index (χ0v) is 28.1. The Morgan fingerprint density at radius 1 is 0.380 bits per heavy atom. The van der Waals surface area contributed by atoms with Crippen molar-refractivity contribution in [3.8, 4) is 55.6 Å². The molecule has 0 aliphatic rings. The molecule has 0 amide bonds. The number of hydrogen-bond donors (Lipinski definition) is 0. The molecule has 0 unspecified atom stereocenters. The third-order valence-corrected chi connectivity index (χ3v) is 9.32. The number of fused-ring (bicyclic) bond motifs is 1. The summed E-state index contributed by atoms with van der Waals surface area (Å²) in [6.45, 7) is 16.9. The summed E-state index contributed by atoms with van der Waals surface area (Å²) >= 11 is 0. The van der Waals surface area contributed by atoms with E-state index in [0.29, 0.717) is 0 Å². The first kappa shape index (κ1) is 32.1. The van der Waals surface area contributed by atoms with E-state index in [-0.39, 0.29) is 0 Å². The molecule has 0 radical (unpaired) electrons. The Balaban J connectivity index is 1.57. The van der Waals surface area contributed by atoms with Gasteiger partial charge in [0.1, 0.15) is 0 Å². The molecular formula is C50H38. The maximum Gasteiger partial charge on any atom is -0.00262 e. The van der Waals surface area contributed by atoms with Gasteiger partial charge < -0.3 is 0 Å². The van der Waals surface area contributed by atoms with E-state index < -0.39 is 0 Å². The van der Waals surface area contributed by atoms with Crippen molar-refractivity contribution < 1.29 is 0 Å². The Kier molecular flexibility index (Phi) is 9.18. The second-order valence-electron chi connectivity index (χ2n) is 12.3. The van der Waals surface area contributed by atoms with Crippen LogP contribution in [0.3, 0.4) is 0 Å². The van der Waals surface area contributed by atoms with E-state index in [4.69, 9.17) is 0 Å². The van der Waals surface area contributed by atoms with Crippen LogP contribution in [-0.4, -0.2) is 0 Å². The molecule has 0 N–H and O–H groups in total. The maximum atomic E-state index is 4.40. The lowest BCUT2D eigenvalue weighted by atomic mass is 9.81. The van der Waals surface area contributed by atoms with Gasteiger partial charge in [0.2, 0.25) is 0 Å². The maximum absolute atomic E-state index is 4.40. The van der Waals surface area contributed by atoms with E-state index in [2.05, 4.69) is 178 Å². The van der Waals surface area contributed by atoms with Gasteiger partial charge in [-0.2, -0.15) is 0 Å². The molecule has 0 aliphatic heterocycles. The quantitative estimate of drug-likeness (QED) is 0.131. The van der Waals surface area contributed by atoms with Crippen molar-refractivity contribution in [2.24, 2.45) is 0 Å². The van der Waals surface area contributed by atoms with Crippen LogP contribution in [0.4, 0.5) is 0 Å². The Bertz CT molecular complexity index is 2350. The molecule has 0 aromatic heterocycles. The predicted molar refractivity (Wildman–Crippen MR) is 220 cm³/mol. The number of allylic oxidation sites excluding steroid dienone is 4. The summed E-state index contributed by atoms with van der Waals surface area (Å²) in [4.78, 5) is 0. The van der Waals surface area contributed by atoms with Crippen molar-refractivity contribution >= 4 is 28.5 Å². The van der Waals surface area contributed by atoms with E-state index in [1.807, 2.05) is 30.4 Å². The van der Waals surface area contributed by atoms with Crippen LogP contribution in [0.1, 0.15) is 16.7 Å². The van der Waals surface area contributed by atoms with Crippen LogP contribution in [0.2, 0.25) is 0 Å². The molecule has 0 saturated heterocycles. The highest BCUT2D eigenvalue weighted by Gasteiger charge is 2.21. The summed E-state index contributed by atoms with van der Waals surface area (Å²) in [6.07, 6.45) is 9.70. The molecule has 0 bridgehead atoms. The summed E-state index contributed by atoms with van der Waals surface area (Å²) < 4.78 is 0. The minimum atomic E-state index is 1.01. The monoisotopic (exact) mass is 638 g/mol. The van der Waals surface area contributed by atoms with Crippen molar-refractivity contribution in [3.63, 3.8) is 0 Å². The largest absolute Gasteiger partial charge is 0.0990 e. The van der Waals surface area contributed by atoms with Crippen molar-refractivity contribution in [1.82, 2.24) is 0 Å². The van der Waals surface area contributed by atoms with Crippen LogP contribution in [0.5, 0.6) is 0 Å². The highest BCUT2D eigenvalue weighted by Crippen LogP contribution is 2.46. The predicted octanol–water partition coefficient (Wildman–Crippen LogP) is 14.2. The zero-order chi connectivity index (χ0) is 34.5. The molecule has 0 fully saturated rings. The Morgan fingerprint density at radius 3 is 1.14 bits per heavy atom. The second kappa shape index (κ2) is 14.3. The third-order valence-electron chi connectivity index (χ3n) is 9.32. The molecule has 238 valence electrons. The molecule has 7 aromatic rings. The van der Waals surface area contributed by atoms with Gasteiger partial charge in [-0.15, -0.1) is 0 Å². The van der Waals surface area contributed by atoms with Crippen LogP contribution in [-0.2, 0) is 0 Å². The van der Waals surface area contributed by atoms with Gasteiger partial charge in [-0.25, -0.2) is 0 Å². The molecule has 0 heteroatoms. The fraction of sp³-hybridized carbons (Fsp3) is 0. The molecule has 0 nitrogen and oxygen atoms in total. The lowest BCUT2D eigenvalue weighted by molar-refractivity contribution is 1.54. The molecular weight excluding hydrogens is 601 g/mol. The molecule has 7 aromatic carbocycles. The van der Waals surface area contributed by atoms with Gasteiger partial charge >= 0.3 is 0 Å². The van der Waals surface area contributed by atoms with E-state index >= 15 is 0 Å². The van der Waals surface area contributed by atoms with Crippen molar-refractivity contribution in [2.75, 3.05) is 0 Å². The molecule has 0 heterocycles. The normalized spacial score (nSPS) is 11.2. The minimum Gasteiger partial charge on any atom is -0.0990 e. The first-order valence-electron chi connectivity index (χ1n) is 16.9. The molecule has 0 atom stereocenters. The number of benzene rings is 7. The Morgan fingerprint density at radius 2 is 0.740 bits per heavy atom. The van der Waals surface area contributed by atoms with E-state index in [9.17, 15) is 0 Å². The van der Waals surface area contributed by atoms with Crippen LogP contribution in [0.15, 0.2) is 196 Å². The molecule has 0 spiro atoms. The zero-order valence-electron chi connectivity index (χ0n) is 28.1. The van der Waals surface area contributed by atoms with Crippen molar-refractivity contribution in [3.05, 3.63) is 213 Å². The molecule has 0 aliphatic carbocycles. The van der Waals surface area contributed by atoms with Crippen molar-refractivity contribution in [2.45, 2.75) is 0 Å². The SMILES string of the molecule is C=C/C=C(\C=C)c1cc(-c2ccccc2)cc(-c2c(C=C)c(C=C)c(-c3cc(-c4ccccc4)cc(-c4ccccc4)c3)c3ccccc23)c1. The highest BCUT2D eigenvalue weighted by molar-refractivity contribution is 6.12. The van der Waals surface area contributed by atoms with Gasteiger partial charge in [0.25, 0.3) is 0 Å². The van der Waals surface area contributed by atoms with Crippen LogP contribution >= 0.6 is 0 Å². The van der Waals surface area contributed by atoms with Crippen LogP contribution in [0.25, 0.3) is 84.1 Å². The minimum absolute atomic E-state index is 1.01. The van der Waals surface area contributed by atoms with Gasteiger partial charge in [0.15, 0.2) is 0 Å². The molecule has 50 heavy (non-hydrogen) atoms. The summed E-state index contributed by atoms with van der Waals surface area (Å²) in [5.74, 6) is 0. The smallest absolute Gasteiger partial charge is 0.00262 e. The van der Waals surface area contributed by atoms with Crippen LogP contribution < -0.4 is 0 Å².